The van der Waals surface area contributed by atoms with Gasteiger partial charge in [0.2, 0.25) is 0 Å². The van der Waals surface area contributed by atoms with Gasteiger partial charge in [0.1, 0.15) is 0 Å². The first-order chi connectivity index (χ1) is 5.62. The van der Waals surface area contributed by atoms with E-state index in [1.807, 2.05) is 0 Å². The summed E-state index contributed by atoms with van der Waals surface area (Å²) in [5, 5.41) is 3.01. The lowest BCUT2D eigenvalue weighted by atomic mass is 9.80. The minimum atomic E-state index is -2.45. The van der Waals surface area contributed by atoms with E-state index in [2.05, 4.69) is 5.32 Å². The highest BCUT2D eigenvalue weighted by Crippen LogP contribution is 2.41. The van der Waals surface area contributed by atoms with Crippen LogP contribution < -0.4 is 5.32 Å². The van der Waals surface area contributed by atoms with Gasteiger partial charge in [0.15, 0.2) is 0 Å². The molecule has 0 amide bonds. The third-order valence-electron chi connectivity index (χ3n) is 3.13. The maximum absolute atomic E-state index is 12.9. The van der Waals surface area contributed by atoms with Crippen molar-refractivity contribution >= 4 is 12.4 Å². The molecule has 2 aliphatic rings. The number of hydrogen-bond acceptors (Lipinski definition) is 1. The van der Waals surface area contributed by atoms with Crippen molar-refractivity contribution in [3.63, 3.8) is 0 Å². The van der Waals surface area contributed by atoms with E-state index < -0.39 is 5.92 Å². The van der Waals surface area contributed by atoms with E-state index in [-0.39, 0.29) is 30.9 Å². The number of hydrogen-bond donors (Lipinski definition) is 1. The molecule has 0 aromatic rings. The van der Waals surface area contributed by atoms with Crippen LogP contribution >= 0.6 is 12.4 Å². The molecule has 0 aromatic carbocycles. The number of halogens is 3. The van der Waals surface area contributed by atoms with Crippen LogP contribution in [0.4, 0.5) is 8.78 Å². The van der Waals surface area contributed by atoms with Crippen molar-refractivity contribution in [3.8, 4) is 0 Å². The van der Waals surface area contributed by atoms with Gasteiger partial charge in [0.25, 0.3) is 5.92 Å². The zero-order valence-corrected chi connectivity index (χ0v) is 8.43. The molecule has 1 aliphatic carbocycles. The van der Waals surface area contributed by atoms with Gasteiger partial charge in [-0.15, -0.1) is 12.4 Å². The van der Waals surface area contributed by atoms with Crippen molar-refractivity contribution in [2.75, 3.05) is 6.54 Å². The summed E-state index contributed by atoms with van der Waals surface area (Å²) < 4.78 is 25.8. The molecular weight excluding hydrogens is 196 g/mol. The van der Waals surface area contributed by atoms with Crippen molar-refractivity contribution in [1.29, 1.82) is 0 Å². The van der Waals surface area contributed by atoms with Crippen LogP contribution in [0, 0.1) is 0 Å². The second-order valence-electron chi connectivity index (χ2n) is 4.23. The van der Waals surface area contributed by atoms with Gasteiger partial charge in [-0.25, -0.2) is 8.78 Å². The maximum atomic E-state index is 12.9. The Hall–Kier alpha value is 0.110. The smallest absolute Gasteiger partial charge is 0.262 e. The lowest BCUT2D eigenvalue weighted by Crippen LogP contribution is -2.41. The lowest BCUT2D eigenvalue weighted by Gasteiger charge is -2.33. The number of rotatable bonds is 0. The zero-order valence-electron chi connectivity index (χ0n) is 7.61. The summed E-state index contributed by atoms with van der Waals surface area (Å²) in [6.45, 7) is -0.104. The Balaban J connectivity index is 0.000000845. The second-order valence-corrected chi connectivity index (χ2v) is 4.23. The lowest BCUT2D eigenvalue weighted by molar-refractivity contribution is 0.0131. The van der Waals surface area contributed by atoms with E-state index in [0.717, 1.165) is 25.7 Å². The highest BCUT2D eigenvalue weighted by Gasteiger charge is 2.48. The molecule has 1 saturated carbocycles. The third-order valence-corrected chi connectivity index (χ3v) is 3.13. The molecule has 1 nitrogen and oxygen atoms in total. The van der Waals surface area contributed by atoms with Crippen LogP contribution in [0.15, 0.2) is 0 Å². The Morgan fingerprint density at radius 3 is 2.08 bits per heavy atom. The molecule has 0 aromatic heterocycles. The van der Waals surface area contributed by atoms with E-state index in [4.69, 9.17) is 0 Å². The maximum Gasteiger partial charge on any atom is 0.262 e. The molecule has 1 spiro atoms. The molecule has 1 aliphatic heterocycles. The Kier molecular flexibility index (Phi) is 3.18. The normalized spacial score (nSPS) is 30.0. The molecule has 0 radical (unpaired) electrons. The van der Waals surface area contributed by atoms with Crippen LogP contribution in [0.5, 0.6) is 0 Å². The van der Waals surface area contributed by atoms with E-state index in [9.17, 15) is 8.78 Å². The molecule has 0 bridgehead atoms. The average molecular weight is 212 g/mol. The SMILES string of the molecule is Cl.FC1(F)CNC2(CCCCC2)C1. The van der Waals surface area contributed by atoms with Gasteiger partial charge in [-0.1, -0.05) is 19.3 Å². The van der Waals surface area contributed by atoms with Gasteiger partial charge in [-0.05, 0) is 12.8 Å². The first-order valence-corrected chi connectivity index (χ1v) is 4.75. The van der Waals surface area contributed by atoms with Gasteiger partial charge in [0.05, 0.1) is 6.54 Å². The number of alkyl halides is 2. The van der Waals surface area contributed by atoms with E-state index in [1.54, 1.807) is 0 Å². The minimum absolute atomic E-state index is 0. The van der Waals surface area contributed by atoms with Crippen LogP contribution in [0.1, 0.15) is 38.5 Å². The third kappa shape index (κ3) is 2.32. The largest absolute Gasteiger partial charge is 0.305 e. The monoisotopic (exact) mass is 211 g/mol. The van der Waals surface area contributed by atoms with Crippen molar-refractivity contribution < 1.29 is 8.78 Å². The summed E-state index contributed by atoms with van der Waals surface area (Å²) >= 11 is 0. The van der Waals surface area contributed by atoms with Crippen LogP contribution in [-0.2, 0) is 0 Å². The fourth-order valence-electron chi connectivity index (χ4n) is 2.52. The summed E-state index contributed by atoms with van der Waals surface area (Å²) in [6.07, 6.45) is 5.41. The second kappa shape index (κ2) is 3.70. The van der Waals surface area contributed by atoms with Crippen molar-refractivity contribution in [1.82, 2.24) is 5.32 Å². The van der Waals surface area contributed by atoms with Crippen molar-refractivity contribution in [2.45, 2.75) is 50.0 Å². The van der Waals surface area contributed by atoms with Gasteiger partial charge in [-0.2, -0.15) is 0 Å². The first-order valence-electron chi connectivity index (χ1n) is 4.75. The Morgan fingerprint density at radius 2 is 1.62 bits per heavy atom. The molecule has 1 N–H and O–H groups in total. The van der Waals surface area contributed by atoms with E-state index >= 15 is 0 Å². The Bertz CT molecular complexity index is 178. The molecule has 2 rings (SSSR count). The van der Waals surface area contributed by atoms with Crippen molar-refractivity contribution in [2.24, 2.45) is 0 Å². The fourth-order valence-corrected chi connectivity index (χ4v) is 2.52. The Labute approximate surface area is 83.7 Å². The molecule has 1 heterocycles. The molecule has 0 atom stereocenters. The minimum Gasteiger partial charge on any atom is -0.305 e. The summed E-state index contributed by atoms with van der Waals surface area (Å²) in [4.78, 5) is 0. The van der Waals surface area contributed by atoms with Gasteiger partial charge in [-0.3, -0.25) is 0 Å². The molecule has 4 heteroatoms. The van der Waals surface area contributed by atoms with Gasteiger partial charge in [0, 0.05) is 12.0 Å². The summed E-state index contributed by atoms with van der Waals surface area (Å²) in [5.74, 6) is -2.45. The molecule has 1 saturated heterocycles. The van der Waals surface area contributed by atoms with E-state index in [1.165, 1.54) is 6.42 Å². The topological polar surface area (TPSA) is 12.0 Å². The van der Waals surface area contributed by atoms with E-state index in [0.29, 0.717) is 0 Å². The highest BCUT2D eigenvalue weighted by molar-refractivity contribution is 5.85. The molecule has 0 unspecified atom stereocenters. The summed E-state index contributed by atoms with van der Waals surface area (Å²) in [7, 11) is 0. The summed E-state index contributed by atoms with van der Waals surface area (Å²) in [5.41, 5.74) is -0.193. The van der Waals surface area contributed by atoms with Crippen LogP contribution in [0.3, 0.4) is 0 Å². The van der Waals surface area contributed by atoms with Crippen LogP contribution in [0.25, 0.3) is 0 Å². The molecule has 2 fully saturated rings. The van der Waals surface area contributed by atoms with Gasteiger partial charge < -0.3 is 5.32 Å². The Morgan fingerprint density at radius 1 is 1.00 bits per heavy atom. The zero-order chi connectivity index (χ0) is 8.66. The standard InChI is InChI=1S/C9H15F2N.ClH/c10-9(11)6-8(12-7-9)4-2-1-3-5-8;/h12H,1-7H2;1H. The quantitative estimate of drug-likeness (QED) is 0.650. The summed E-state index contributed by atoms with van der Waals surface area (Å²) in [6, 6.07) is 0. The molecule has 13 heavy (non-hydrogen) atoms. The van der Waals surface area contributed by atoms with Crippen molar-refractivity contribution in [3.05, 3.63) is 0 Å². The molecular formula is C9H16ClF2N. The van der Waals surface area contributed by atoms with Crippen LogP contribution in [-0.4, -0.2) is 18.0 Å². The van der Waals surface area contributed by atoms with Gasteiger partial charge >= 0.3 is 0 Å². The highest BCUT2D eigenvalue weighted by atomic mass is 35.5. The van der Waals surface area contributed by atoms with Crippen LogP contribution in [0.2, 0.25) is 0 Å². The predicted molar refractivity (Wildman–Crippen MR) is 50.6 cm³/mol. The molecule has 78 valence electrons. The predicted octanol–water partition coefficient (Wildman–Crippen LogP) is 2.74. The number of nitrogens with one attached hydrogen (secondary N) is 1. The fraction of sp³-hybridized carbons (Fsp3) is 1.00. The first kappa shape index (κ1) is 11.2. The average Bonchev–Trinajstić information content (AvgIpc) is 2.29.